The number of rotatable bonds is 9. The molecule has 0 aliphatic heterocycles. The van der Waals surface area contributed by atoms with E-state index in [2.05, 4.69) is 11.7 Å². The molecule has 5 nitrogen and oxygen atoms in total. The molecule has 0 fully saturated rings. The molecule has 0 aromatic rings. The number of hydrogen-bond donors (Lipinski definition) is 0. The van der Waals surface area contributed by atoms with Crippen molar-refractivity contribution in [3.05, 3.63) is 0 Å². The average Bonchev–Trinajstić information content (AvgIpc) is 2.29. The van der Waals surface area contributed by atoms with E-state index in [0.717, 1.165) is 13.0 Å². The van der Waals surface area contributed by atoms with Crippen LogP contribution in [0.5, 0.6) is 0 Å². The second kappa shape index (κ2) is 10.1. The van der Waals surface area contributed by atoms with Gasteiger partial charge in [-0.25, -0.2) is 0 Å². The van der Waals surface area contributed by atoms with Crippen molar-refractivity contribution in [2.24, 2.45) is 0 Å². The van der Waals surface area contributed by atoms with Gasteiger partial charge in [-0.15, -0.1) is 0 Å². The fraction of sp³-hybridized carbons (Fsp3) is 0.833. The maximum atomic E-state index is 11.3. The van der Waals surface area contributed by atoms with Gasteiger partial charge >= 0.3 is 11.9 Å². The predicted octanol–water partition coefficient (Wildman–Crippen LogP) is 1.21. The fourth-order valence-corrected chi connectivity index (χ4v) is 1.52. The van der Waals surface area contributed by atoms with E-state index in [-0.39, 0.29) is 11.9 Å². The zero-order chi connectivity index (χ0) is 13.1. The Kier molecular flexibility index (Phi) is 9.43. The van der Waals surface area contributed by atoms with Crippen LogP contribution in [-0.2, 0) is 19.1 Å². The average molecular weight is 245 g/mol. The molecular formula is C12H23NO4. The molecule has 0 heterocycles. The van der Waals surface area contributed by atoms with Crippen LogP contribution in [-0.4, -0.2) is 50.2 Å². The highest BCUT2D eigenvalue weighted by Gasteiger charge is 2.11. The van der Waals surface area contributed by atoms with Gasteiger partial charge in [-0.05, 0) is 32.9 Å². The summed E-state index contributed by atoms with van der Waals surface area (Å²) in [6, 6.07) is 0. The monoisotopic (exact) mass is 245 g/mol. The minimum Gasteiger partial charge on any atom is -0.469 e. The Labute approximate surface area is 103 Å². The highest BCUT2D eigenvalue weighted by atomic mass is 16.5. The molecule has 5 heteroatoms. The van der Waals surface area contributed by atoms with Gasteiger partial charge in [-0.2, -0.15) is 0 Å². The van der Waals surface area contributed by atoms with E-state index in [1.165, 1.54) is 7.11 Å². The van der Waals surface area contributed by atoms with Crippen molar-refractivity contribution in [3.63, 3.8) is 0 Å². The molecule has 0 saturated carbocycles. The molecule has 0 aromatic heterocycles. The van der Waals surface area contributed by atoms with Crippen LogP contribution in [0.25, 0.3) is 0 Å². The van der Waals surface area contributed by atoms with Crippen LogP contribution < -0.4 is 0 Å². The van der Waals surface area contributed by atoms with Crippen LogP contribution >= 0.6 is 0 Å². The largest absolute Gasteiger partial charge is 0.469 e. The van der Waals surface area contributed by atoms with Crippen molar-refractivity contribution >= 4 is 11.9 Å². The third kappa shape index (κ3) is 8.68. The Bertz CT molecular complexity index is 231. The molecular weight excluding hydrogens is 222 g/mol. The molecule has 0 unspecified atom stereocenters. The SMILES string of the molecule is CCCN(CCCC(=O)OC)CC(=O)OCC. The number of hydrogen-bond acceptors (Lipinski definition) is 5. The Balaban J connectivity index is 3.89. The molecule has 0 saturated heterocycles. The quantitative estimate of drug-likeness (QED) is 0.572. The summed E-state index contributed by atoms with van der Waals surface area (Å²) in [7, 11) is 1.38. The topological polar surface area (TPSA) is 55.8 Å². The van der Waals surface area contributed by atoms with Crippen LogP contribution in [0.4, 0.5) is 0 Å². The summed E-state index contributed by atoms with van der Waals surface area (Å²) in [5.74, 6) is -0.420. The lowest BCUT2D eigenvalue weighted by molar-refractivity contribution is -0.144. The standard InChI is InChI=1S/C12H23NO4/c1-4-8-13(10-12(15)17-5-2)9-6-7-11(14)16-3/h4-10H2,1-3H3. The first kappa shape index (κ1) is 15.9. The van der Waals surface area contributed by atoms with Crippen molar-refractivity contribution in [2.45, 2.75) is 33.1 Å². The predicted molar refractivity (Wildman–Crippen MR) is 64.6 cm³/mol. The van der Waals surface area contributed by atoms with E-state index in [4.69, 9.17) is 4.74 Å². The van der Waals surface area contributed by atoms with E-state index < -0.39 is 0 Å². The Morgan fingerprint density at radius 1 is 1.12 bits per heavy atom. The van der Waals surface area contributed by atoms with Crippen LogP contribution in [0.15, 0.2) is 0 Å². The highest BCUT2D eigenvalue weighted by molar-refractivity contribution is 5.71. The Hall–Kier alpha value is -1.10. The number of carbonyl (C=O) groups excluding carboxylic acids is 2. The van der Waals surface area contributed by atoms with Gasteiger partial charge < -0.3 is 9.47 Å². The van der Waals surface area contributed by atoms with E-state index in [0.29, 0.717) is 32.5 Å². The van der Waals surface area contributed by atoms with E-state index in [1.54, 1.807) is 6.92 Å². The number of esters is 2. The minimum atomic E-state index is -0.211. The smallest absolute Gasteiger partial charge is 0.320 e. The minimum absolute atomic E-state index is 0.209. The summed E-state index contributed by atoms with van der Waals surface area (Å²) >= 11 is 0. The van der Waals surface area contributed by atoms with Crippen molar-refractivity contribution in [1.29, 1.82) is 0 Å². The van der Waals surface area contributed by atoms with Crippen molar-refractivity contribution < 1.29 is 19.1 Å². The van der Waals surface area contributed by atoms with Gasteiger partial charge in [0.15, 0.2) is 0 Å². The van der Waals surface area contributed by atoms with E-state index in [1.807, 2.05) is 4.90 Å². The summed E-state index contributed by atoms with van der Waals surface area (Å²) in [4.78, 5) is 24.3. The van der Waals surface area contributed by atoms with Crippen molar-refractivity contribution in [2.75, 3.05) is 33.4 Å². The van der Waals surface area contributed by atoms with Gasteiger partial charge in [0, 0.05) is 6.42 Å². The molecule has 100 valence electrons. The first-order chi connectivity index (χ1) is 8.13. The number of nitrogens with zero attached hydrogens (tertiary/aromatic N) is 1. The number of ether oxygens (including phenoxy) is 2. The van der Waals surface area contributed by atoms with E-state index >= 15 is 0 Å². The molecule has 0 amide bonds. The lowest BCUT2D eigenvalue weighted by Crippen LogP contribution is -2.32. The molecule has 0 aliphatic carbocycles. The first-order valence-corrected chi connectivity index (χ1v) is 6.08. The second-order valence-electron chi connectivity index (χ2n) is 3.76. The summed E-state index contributed by atoms with van der Waals surface area (Å²) in [5, 5.41) is 0. The molecule has 0 rings (SSSR count). The lowest BCUT2D eigenvalue weighted by atomic mass is 10.3. The van der Waals surface area contributed by atoms with Gasteiger partial charge in [0.2, 0.25) is 0 Å². The highest BCUT2D eigenvalue weighted by Crippen LogP contribution is 1.99. The molecule has 0 atom stereocenters. The number of methoxy groups -OCH3 is 1. The molecule has 0 radical (unpaired) electrons. The van der Waals surface area contributed by atoms with Gasteiger partial charge in [0.1, 0.15) is 0 Å². The van der Waals surface area contributed by atoms with Crippen LogP contribution in [0.2, 0.25) is 0 Å². The van der Waals surface area contributed by atoms with Crippen molar-refractivity contribution in [3.8, 4) is 0 Å². The van der Waals surface area contributed by atoms with Gasteiger partial charge in [-0.3, -0.25) is 14.5 Å². The molecule has 0 aromatic carbocycles. The zero-order valence-corrected chi connectivity index (χ0v) is 11.0. The Morgan fingerprint density at radius 3 is 2.35 bits per heavy atom. The van der Waals surface area contributed by atoms with Gasteiger partial charge in [-0.1, -0.05) is 6.92 Å². The fourth-order valence-electron chi connectivity index (χ4n) is 1.52. The van der Waals surface area contributed by atoms with E-state index in [9.17, 15) is 9.59 Å². The maximum Gasteiger partial charge on any atom is 0.320 e. The summed E-state index contributed by atoms with van der Waals surface area (Å²) < 4.78 is 9.46. The van der Waals surface area contributed by atoms with Crippen LogP contribution in [0.1, 0.15) is 33.1 Å². The first-order valence-electron chi connectivity index (χ1n) is 6.08. The third-order valence-electron chi connectivity index (χ3n) is 2.28. The molecule has 0 N–H and O–H groups in total. The molecule has 0 spiro atoms. The van der Waals surface area contributed by atoms with Crippen LogP contribution in [0, 0.1) is 0 Å². The van der Waals surface area contributed by atoms with Gasteiger partial charge in [0.05, 0.1) is 20.3 Å². The second-order valence-corrected chi connectivity index (χ2v) is 3.76. The van der Waals surface area contributed by atoms with Crippen LogP contribution in [0.3, 0.4) is 0 Å². The summed E-state index contributed by atoms with van der Waals surface area (Å²) in [6.07, 6.45) is 2.06. The maximum absolute atomic E-state index is 11.3. The van der Waals surface area contributed by atoms with Crippen molar-refractivity contribution in [1.82, 2.24) is 4.90 Å². The molecule has 0 bridgehead atoms. The lowest BCUT2D eigenvalue weighted by Gasteiger charge is -2.20. The Morgan fingerprint density at radius 2 is 1.82 bits per heavy atom. The normalized spacial score (nSPS) is 10.4. The molecule has 0 aliphatic rings. The summed E-state index contributed by atoms with van der Waals surface area (Å²) in [5.41, 5.74) is 0. The third-order valence-corrected chi connectivity index (χ3v) is 2.28. The summed E-state index contributed by atoms with van der Waals surface area (Å²) in [6.45, 7) is 6.09. The van der Waals surface area contributed by atoms with Gasteiger partial charge in [0.25, 0.3) is 0 Å². The molecule has 17 heavy (non-hydrogen) atoms. The number of carbonyl (C=O) groups is 2. The zero-order valence-electron chi connectivity index (χ0n) is 11.0.